The van der Waals surface area contributed by atoms with Crippen molar-refractivity contribution in [3.05, 3.63) is 53.8 Å². The van der Waals surface area contributed by atoms with Gasteiger partial charge in [0.15, 0.2) is 0 Å². The minimum atomic E-state index is -0.357. The van der Waals surface area contributed by atoms with Gasteiger partial charge in [0.05, 0.1) is 5.92 Å². The zero-order valence-corrected chi connectivity index (χ0v) is 13.6. The van der Waals surface area contributed by atoms with Gasteiger partial charge in [-0.15, -0.1) is 0 Å². The molecule has 124 valence electrons. The molecule has 2 aromatic rings. The van der Waals surface area contributed by atoms with Crippen molar-refractivity contribution in [1.82, 2.24) is 0 Å². The van der Waals surface area contributed by atoms with E-state index in [9.17, 15) is 9.18 Å². The van der Waals surface area contributed by atoms with Crippen molar-refractivity contribution >= 4 is 5.97 Å². The van der Waals surface area contributed by atoms with Gasteiger partial charge in [0, 0.05) is 11.6 Å². The second kappa shape index (κ2) is 6.39. The van der Waals surface area contributed by atoms with Crippen LogP contribution in [0, 0.1) is 11.7 Å². The monoisotopic (exact) mass is 324 g/mol. The summed E-state index contributed by atoms with van der Waals surface area (Å²) >= 11 is 0. The number of carbonyl (C=O) groups excluding carboxylic acids is 1. The number of ether oxygens (including phenoxy) is 1. The molecule has 0 amide bonds. The largest absolute Gasteiger partial charge is 0.426 e. The van der Waals surface area contributed by atoms with Gasteiger partial charge in [-0.1, -0.05) is 37.1 Å². The van der Waals surface area contributed by atoms with Gasteiger partial charge < -0.3 is 4.74 Å². The van der Waals surface area contributed by atoms with Crippen molar-refractivity contribution < 1.29 is 13.9 Å². The van der Waals surface area contributed by atoms with E-state index in [4.69, 9.17) is 4.74 Å². The van der Waals surface area contributed by atoms with E-state index in [2.05, 4.69) is 12.1 Å². The summed E-state index contributed by atoms with van der Waals surface area (Å²) in [5.74, 6) is 0.354. The molecule has 2 saturated carbocycles. The zero-order valence-electron chi connectivity index (χ0n) is 13.6. The molecule has 0 N–H and O–H groups in total. The molecule has 0 spiro atoms. The fourth-order valence-electron chi connectivity index (χ4n) is 3.51. The fraction of sp³-hybridized carbons (Fsp3) is 0.381. The Balaban J connectivity index is 1.51. The van der Waals surface area contributed by atoms with Crippen molar-refractivity contribution in [3.8, 4) is 16.9 Å². The van der Waals surface area contributed by atoms with Crippen LogP contribution in [0.5, 0.6) is 5.75 Å². The van der Waals surface area contributed by atoms with Crippen LogP contribution in [0.1, 0.15) is 50.0 Å². The van der Waals surface area contributed by atoms with E-state index >= 15 is 0 Å². The smallest absolute Gasteiger partial charge is 0.314 e. The van der Waals surface area contributed by atoms with Gasteiger partial charge in [-0.25, -0.2) is 4.39 Å². The Morgan fingerprint density at radius 1 is 0.958 bits per heavy atom. The summed E-state index contributed by atoms with van der Waals surface area (Å²) in [6.45, 7) is 0. The lowest BCUT2D eigenvalue weighted by molar-refractivity contribution is -0.135. The van der Waals surface area contributed by atoms with E-state index in [0.717, 1.165) is 18.4 Å². The molecular formula is C21H21FO2. The van der Waals surface area contributed by atoms with Crippen LogP contribution in [0.3, 0.4) is 0 Å². The third-order valence-corrected chi connectivity index (χ3v) is 5.12. The summed E-state index contributed by atoms with van der Waals surface area (Å²) in [4.78, 5) is 11.7. The van der Waals surface area contributed by atoms with Crippen LogP contribution in [0.15, 0.2) is 42.5 Å². The summed E-state index contributed by atoms with van der Waals surface area (Å²) < 4.78 is 19.6. The van der Waals surface area contributed by atoms with Gasteiger partial charge in [-0.3, -0.25) is 4.79 Å². The first-order valence-electron chi connectivity index (χ1n) is 8.82. The van der Waals surface area contributed by atoms with Gasteiger partial charge >= 0.3 is 5.97 Å². The minimum absolute atomic E-state index is 0.0101. The van der Waals surface area contributed by atoms with Crippen LogP contribution in [-0.4, -0.2) is 5.97 Å². The van der Waals surface area contributed by atoms with Crippen molar-refractivity contribution in [2.75, 3.05) is 0 Å². The molecule has 0 heterocycles. The minimum Gasteiger partial charge on any atom is -0.426 e. The number of hydrogen-bond acceptors (Lipinski definition) is 2. The molecule has 0 aromatic heterocycles. The molecule has 0 radical (unpaired) electrons. The summed E-state index contributed by atoms with van der Waals surface area (Å²) in [6.07, 6.45) is 6.90. The zero-order chi connectivity index (χ0) is 16.5. The first kappa shape index (κ1) is 15.4. The number of halogens is 1. The van der Waals surface area contributed by atoms with Crippen molar-refractivity contribution in [3.63, 3.8) is 0 Å². The molecule has 24 heavy (non-hydrogen) atoms. The molecule has 3 heteroatoms. The van der Waals surface area contributed by atoms with E-state index < -0.39 is 0 Å². The van der Waals surface area contributed by atoms with Crippen molar-refractivity contribution in [2.24, 2.45) is 5.92 Å². The highest BCUT2D eigenvalue weighted by atomic mass is 19.1. The number of carbonyl (C=O) groups is 1. The first-order valence-corrected chi connectivity index (χ1v) is 8.82. The van der Waals surface area contributed by atoms with Crippen LogP contribution in [0.4, 0.5) is 4.39 Å². The van der Waals surface area contributed by atoms with Gasteiger partial charge in [-0.2, -0.15) is 0 Å². The molecule has 0 atom stereocenters. The maximum atomic E-state index is 14.4. The highest BCUT2D eigenvalue weighted by Gasteiger charge is 2.31. The second-order valence-electron chi connectivity index (χ2n) is 6.94. The first-order chi connectivity index (χ1) is 11.7. The number of esters is 1. The number of rotatable bonds is 4. The fourth-order valence-corrected chi connectivity index (χ4v) is 3.51. The lowest BCUT2D eigenvalue weighted by Crippen LogP contribution is -2.09. The Morgan fingerprint density at radius 2 is 1.67 bits per heavy atom. The third kappa shape index (κ3) is 3.21. The SMILES string of the molecule is O=C(Oc1ccc(-c2ccc(C3CCCC3)cc2)c(F)c1)C1CC1. The maximum Gasteiger partial charge on any atom is 0.314 e. The van der Waals surface area contributed by atoms with E-state index in [-0.39, 0.29) is 23.5 Å². The van der Waals surface area contributed by atoms with E-state index in [0.29, 0.717) is 11.5 Å². The highest BCUT2D eigenvalue weighted by Crippen LogP contribution is 2.36. The summed E-state index contributed by atoms with van der Waals surface area (Å²) in [5, 5.41) is 0. The van der Waals surface area contributed by atoms with Crippen molar-refractivity contribution in [1.29, 1.82) is 0 Å². The molecule has 0 saturated heterocycles. The highest BCUT2D eigenvalue weighted by molar-refractivity contribution is 5.77. The van der Waals surface area contributed by atoms with Crippen molar-refractivity contribution in [2.45, 2.75) is 44.4 Å². The Bertz CT molecular complexity index is 741. The summed E-state index contributed by atoms with van der Waals surface area (Å²) in [7, 11) is 0. The molecule has 4 rings (SSSR count). The second-order valence-corrected chi connectivity index (χ2v) is 6.94. The molecule has 2 aliphatic carbocycles. The predicted molar refractivity (Wildman–Crippen MR) is 91.4 cm³/mol. The van der Waals surface area contributed by atoms with Crippen LogP contribution >= 0.6 is 0 Å². The topological polar surface area (TPSA) is 26.3 Å². The van der Waals surface area contributed by atoms with Gasteiger partial charge in [0.2, 0.25) is 0 Å². The van der Waals surface area contributed by atoms with Gasteiger partial charge in [0.25, 0.3) is 0 Å². The number of hydrogen-bond donors (Lipinski definition) is 0. The van der Waals surface area contributed by atoms with E-state index in [1.165, 1.54) is 37.3 Å². The molecule has 0 unspecified atom stereocenters. The molecular weight excluding hydrogens is 303 g/mol. The third-order valence-electron chi connectivity index (χ3n) is 5.12. The standard InChI is InChI=1S/C21H21FO2/c22-20-13-18(24-21(23)17-9-10-17)11-12-19(20)16-7-5-15(6-8-16)14-3-1-2-4-14/h5-8,11-14,17H,1-4,9-10H2. The summed E-state index contributed by atoms with van der Waals surface area (Å²) in [5.41, 5.74) is 2.75. The van der Waals surface area contributed by atoms with Gasteiger partial charge in [0.1, 0.15) is 11.6 Å². The average molecular weight is 324 g/mol. The lowest BCUT2D eigenvalue weighted by Gasteiger charge is -2.11. The molecule has 0 bridgehead atoms. The quantitative estimate of drug-likeness (QED) is 0.551. The predicted octanol–water partition coefficient (Wildman–Crippen LogP) is 5.47. The Morgan fingerprint density at radius 3 is 2.29 bits per heavy atom. The Hall–Kier alpha value is -2.16. The van der Waals surface area contributed by atoms with Crippen LogP contribution in [0.25, 0.3) is 11.1 Å². The Labute approximate surface area is 141 Å². The average Bonchev–Trinajstić information content (AvgIpc) is 3.30. The van der Waals surface area contributed by atoms with Crippen LogP contribution in [0.2, 0.25) is 0 Å². The molecule has 2 fully saturated rings. The van der Waals surface area contributed by atoms with Gasteiger partial charge in [-0.05, 0) is 54.9 Å². The van der Waals surface area contributed by atoms with E-state index in [1.807, 2.05) is 12.1 Å². The van der Waals surface area contributed by atoms with Crippen LogP contribution < -0.4 is 4.74 Å². The molecule has 2 nitrogen and oxygen atoms in total. The summed E-state index contributed by atoms with van der Waals surface area (Å²) in [6, 6.07) is 12.9. The normalized spacial score (nSPS) is 17.9. The maximum absolute atomic E-state index is 14.4. The molecule has 2 aromatic carbocycles. The molecule has 2 aliphatic rings. The van der Waals surface area contributed by atoms with Crippen LogP contribution in [-0.2, 0) is 4.79 Å². The number of benzene rings is 2. The van der Waals surface area contributed by atoms with E-state index in [1.54, 1.807) is 12.1 Å². The lowest BCUT2D eigenvalue weighted by atomic mass is 9.95. The Kier molecular flexibility index (Phi) is 4.09. The molecule has 0 aliphatic heterocycles.